The van der Waals surface area contributed by atoms with Gasteiger partial charge in [0.15, 0.2) is 0 Å². The minimum atomic E-state index is -0.998. The third-order valence-corrected chi connectivity index (χ3v) is 3.08. The third kappa shape index (κ3) is 3.68. The van der Waals surface area contributed by atoms with Gasteiger partial charge in [-0.2, -0.15) is 0 Å². The monoisotopic (exact) mass is 225 g/mol. The van der Waals surface area contributed by atoms with E-state index in [9.17, 15) is 9.59 Å². The molecule has 0 saturated heterocycles. The van der Waals surface area contributed by atoms with Crippen LogP contribution < -0.4 is 5.32 Å². The van der Waals surface area contributed by atoms with E-state index >= 15 is 0 Å². The second kappa shape index (κ2) is 5.68. The van der Waals surface area contributed by atoms with Crippen molar-refractivity contribution in [1.82, 2.24) is 5.32 Å². The number of carbonyl (C=O) groups excluding carboxylic acids is 1. The van der Waals surface area contributed by atoms with Crippen LogP contribution in [0, 0.1) is 5.41 Å². The van der Waals surface area contributed by atoms with E-state index in [0.717, 1.165) is 32.1 Å². The van der Waals surface area contributed by atoms with Crippen molar-refractivity contribution in [1.29, 1.82) is 0 Å². The molecule has 0 aromatic carbocycles. The van der Waals surface area contributed by atoms with E-state index in [2.05, 4.69) is 17.5 Å². The van der Waals surface area contributed by atoms with Crippen molar-refractivity contribution in [3.05, 3.63) is 12.2 Å². The Hall–Kier alpha value is -1.32. The molecule has 0 radical (unpaired) electrons. The molecular formula is C12H19NO3. The van der Waals surface area contributed by atoms with Crippen molar-refractivity contribution < 1.29 is 14.7 Å². The third-order valence-electron chi connectivity index (χ3n) is 3.08. The van der Waals surface area contributed by atoms with Crippen LogP contribution in [0.2, 0.25) is 0 Å². The largest absolute Gasteiger partial charge is 0.480 e. The molecule has 90 valence electrons. The molecule has 16 heavy (non-hydrogen) atoms. The standard InChI is InChI=1S/C12H19NO3/c1-12(11(16)13-9-10(14)15)7-5-3-2-4-6-8-12/h2-3H,4-9H2,1H3,(H,13,16)(H,14,15). The van der Waals surface area contributed by atoms with Gasteiger partial charge in [-0.3, -0.25) is 9.59 Å². The SMILES string of the molecule is CC1(C(=O)NCC(=O)O)CCC=CCCC1. The van der Waals surface area contributed by atoms with Crippen LogP contribution in [0.3, 0.4) is 0 Å². The van der Waals surface area contributed by atoms with Gasteiger partial charge >= 0.3 is 5.97 Å². The highest BCUT2D eigenvalue weighted by molar-refractivity contribution is 5.85. The number of hydrogen-bond acceptors (Lipinski definition) is 2. The van der Waals surface area contributed by atoms with Gasteiger partial charge in [0.1, 0.15) is 6.54 Å². The first kappa shape index (κ1) is 12.7. The van der Waals surface area contributed by atoms with Crippen molar-refractivity contribution in [3.63, 3.8) is 0 Å². The lowest BCUT2D eigenvalue weighted by atomic mass is 9.78. The maximum atomic E-state index is 11.9. The minimum Gasteiger partial charge on any atom is -0.480 e. The molecule has 0 heterocycles. The van der Waals surface area contributed by atoms with Crippen LogP contribution in [0.1, 0.15) is 39.0 Å². The molecule has 0 fully saturated rings. The van der Waals surface area contributed by atoms with E-state index in [-0.39, 0.29) is 12.5 Å². The second-order valence-corrected chi connectivity index (χ2v) is 4.54. The summed E-state index contributed by atoms with van der Waals surface area (Å²) in [5.74, 6) is -1.13. The van der Waals surface area contributed by atoms with Crippen molar-refractivity contribution in [3.8, 4) is 0 Å². The number of carbonyl (C=O) groups is 2. The molecule has 2 N–H and O–H groups in total. The average Bonchev–Trinajstić information content (AvgIpc) is 2.20. The number of allylic oxidation sites excluding steroid dienone is 2. The lowest BCUT2D eigenvalue weighted by Crippen LogP contribution is -2.41. The molecule has 0 aliphatic heterocycles. The highest BCUT2D eigenvalue weighted by Crippen LogP contribution is 2.31. The van der Waals surface area contributed by atoms with Crippen LogP contribution >= 0.6 is 0 Å². The normalized spacial score (nSPS) is 25.6. The van der Waals surface area contributed by atoms with Gasteiger partial charge in [0.2, 0.25) is 5.91 Å². The van der Waals surface area contributed by atoms with Crippen LogP contribution in [-0.4, -0.2) is 23.5 Å². The summed E-state index contributed by atoms with van der Waals surface area (Å²) < 4.78 is 0. The minimum absolute atomic E-state index is 0.134. The molecule has 1 unspecified atom stereocenters. The first-order valence-electron chi connectivity index (χ1n) is 5.70. The number of aliphatic carboxylic acids is 1. The molecule has 0 aromatic rings. The lowest BCUT2D eigenvalue weighted by molar-refractivity contribution is -0.140. The fourth-order valence-electron chi connectivity index (χ4n) is 1.97. The molecule has 0 bridgehead atoms. The highest BCUT2D eigenvalue weighted by atomic mass is 16.4. The number of amides is 1. The summed E-state index contributed by atoms with van der Waals surface area (Å²) >= 11 is 0. The van der Waals surface area contributed by atoms with Crippen molar-refractivity contribution in [2.75, 3.05) is 6.54 Å². The van der Waals surface area contributed by atoms with E-state index in [1.165, 1.54) is 0 Å². The Labute approximate surface area is 95.7 Å². The number of carboxylic acid groups (broad SMARTS) is 1. The van der Waals surface area contributed by atoms with Gasteiger partial charge in [-0.05, 0) is 32.1 Å². The lowest BCUT2D eigenvalue weighted by Gasteiger charge is -2.28. The molecule has 1 aliphatic carbocycles. The maximum absolute atomic E-state index is 11.9. The number of rotatable bonds is 3. The van der Waals surface area contributed by atoms with Gasteiger partial charge in [0.25, 0.3) is 0 Å². The van der Waals surface area contributed by atoms with Gasteiger partial charge in [-0.25, -0.2) is 0 Å². The number of nitrogens with one attached hydrogen (secondary N) is 1. The van der Waals surface area contributed by atoms with Crippen molar-refractivity contribution in [2.45, 2.75) is 39.0 Å². The van der Waals surface area contributed by atoms with Gasteiger partial charge < -0.3 is 10.4 Å². The van der Waals surface area contributed by atoms with Crippen LogP contribution in [-0.2, 0) is 9.59 Å². The van der Waals surface area contributed by atoms with Gasteiger partial charge in [0, 0.05) is 5.41 Å². The quantitative estimate of drug-likeness (QED) is 0.719. The van der Waals surface area contributed by atoms with E-state index in [1.807, 2.05) is 6.92 Å². The van der Waals surface area contributed by atoms with Crippen molar-refractivity contribution >= 4 is 11.9 Å². The Morgan fingerprint density at radius 1 is 1.31 bits per heavy atom. The Morgan fingerprint density at radius 3 is 2.69 bits per heavy atom. The molecule has 1 amide bonds. The van der Waals surface area contributed by atoms with Crippen LogP contribution in [0.5, 0.6) is 0 Å². The summed E-state index contributed by atoms with van der Waals surface area (Å²) in [7, 11) is 0. The smallest absolute Gasteiger partial charge is 0.322 e. The fraction of sp³-hybridized carbons (Fsp3) is 0.667. The first-order chi connectivity index (χ1) is 7.54. The predicted molar refractivity (Wildman–Crippen MR) is 61.0 cm³/mol. The van der Waals surface area contributed by atoms with Gasteiger partial charge in [-0.1, -0.05) is 19.1 Å². The molecule has 4 heteroatoms. The molecule has 0 saturated carbocycles. The molecule has 4 nitrogen and oxygen atoms in total. The van der Waals surface area contributed by atoms with E-state index in [0.29, 0.717) is 0 Å². The second-order valence-electron chi connectivity index (χ2n) is 4.54. The van der Waals surface area contributed by atoms with Crippen LogP contribution in [0.15, 0.2) is 12.2 Å². The average molecular weight is 225 g/mol. The fourth-order valence-corrected chi connectivity index (χ4v) is 1.97. The Morgan fingerprint density at radius 2 is 2.00 bits per heavy atom. The summed E-state index contributed by atoms with van der Waals surface area (Å²) in [4.78, 5) is 22.3. The summed E-state index contributed by atoms with van der Waals surface area (Å²) in [6.45, 7) is 1.63. The first-order valence-corrected chi connectivity index (χ1v) is 5.70. The zero-order valence-electron chi connectivity index (χ0n) is 9.66. The van der Waals surface area contributed by atoms with Crippen LogP contribution in [0.4, 0.5) is 0 Å². The molecule has 1 atom stereocenters. The maximum Gasteiger partial charge on any atom is 0.322 e. The van der Waals surface area contributed by atoms with Gasteiger partial charge in [-0.15, -0.1) is 0 Å². The van der Waals surface area contributed by atoms with E-state index in [4.69, 9.17) is 5.11 Å². The zero-order valence-corrected chi connectivity index (χ0v) is 9.66. The Kier molecular flexibility index (Phi) is 4.52. The molecule has 0 spiro atoms. The van der Waals surface area contributed by atoms with Gasteiger partial charge in [0.05, 0.1) is 0 Å². The summed E-state index contributed by atoms with van der Waals surface area (Å²) in [5, 5.41) is 11.0. The zero-order chi connectivity index (χ0) is 12.0. The molecule has 1 aliphatic rings. The molecular weight excluding hydrogens is 206 g/mol. The highest BCUT2D eigenvalue weighted by Gasteiger charge is 2.32. The van der Waals surface area contributed by atoms with E-state index < -0.39 is 11.4 Å². The number of hydrogen-bond donors (Lipinski definition) is 2. The Balaban J connectivity index is 2.56. The van der Waals surface area contributed by atoms with E-state index in [1.54, 1.807) is 0 Å². The molecule has 0 aromatic heterocycles. The van der Waals surface area contributed by atoms with Crippen molar-refractivity contribution in [2.24, 2.45) is 5.41 Å². The number of carboxylic acids is 1. The topological polar surface area (TPSA) is 66.4 Å². The predicted octanol–water partition coefficient (Wildman–Crippen LogP) is 1.71. The summed E-state index contributed by atoms with van der Waals surface area (Å²) in [6, 6.07) is 0. The summed E-state index contributed by atoms with van der Waals surface area (Å²) in [5.41, 5.74) is -0.416. The molecule has 1 rings (SSSR count). The van der Waals surface area contributed by atoms with Crippen LogP contribution in [0.25, 0.3) is 0 Å². The Bertz CT molecular complexity index is 299. The summed E-state index contributed by atoms with van der Waals surface area (Å²) in [6.07, 6.45) is 8.72.